The molecule has 15 nitrogen and oxygen atoms in total. The summed E-state index contributed by atoms with van der Waals surface area (Å²) in [6.45, 7) is 17.1. The first-order valence-electron chi connectivity index (χ1n) is 19.7. The summed E-state index contributed by atoms with van der Waals surface area (Å²) >= 11 is 0. The Morgan fingerprint density at radius 1 is 0.982 bits per heavy atom. The monoisotopic (exact) mass is 786 g/mol. The Morgan fingerprint density at radius 3 is 2.18 bits per heavy atom. The summed E-state index contributed by atoms with van der Waals surface area (Å²) in [7, 11) is 3.34. The molecule has 0 spiro atoms. The minimum atomic E-state index is -1.98. The zero-order valence-electron chi connectivity index (χ0n) is 34.9. The van der Waals surface area contributed by atoms with Gasteiger partial charge in [-0.2, -0.15) is 0 Å². The van der Waals surface area contributed by atoms with Gasteiger partial charge in [-0.25, -0.2) is 0 Å². The number of methoxy groups -OCH3 is 1. The molecule has 3 aliphatic heterocycles. The second kappa shape index (κ2) is 19.2. The zero-order chi connectivity index (χ0) is 41.8. The van der Waals surface area contributed by atoms with E-state index in [-0.39, 0.29) is 31.1 Å². The number of hydrogen-bond donors (Lipinski definition) is 6. The Balaban J connectivity index is 2.21. The van der Waals surface area contributed by atoms with Gasteiger partial charge in [0.05, 0.1) is 53.4 Å². The summed E-state index contributed by atoms with van der Waals surface area (Å²) in [4.78, 5) is 16.2. The van der Waals surface area contributed by atoms with Gasteiger partial charge < -0.3 is 59.2 Å². The van der Waals surface area contributed by atoms with Crippen LogP contribution >= 0.6 is 0 Å². The number of rotatable bonds is 9. The predicted octanol–water partition coefficient (Wildman–Crippen LogP) is 2.44. The lowest BCUT2D eigenvalue weighted by Gasteiger charge is -2.49. The highest BCUT2D eigenvalue weighted by Crippen LogP contribution is 2.41. The molecule has 0 aromatic rings. The second-order valence-corrected chi connectivity index (χ2v) is 17.1. The van der Waals surface area contributed by atoms with Gasteiger partial charge in [0.15, 0.2) is 12.6 Å². The van der Waals surface area contributed by atoms with Crippen LogP contribution in [0.2, 0.25) is 0 Å². The van der Waals surface area contributed by atoms with Crippen LogP contribution in [0.1, 0.15) is 101 Å². The number of oxime groups is 1. The maximum Gasteiger partial charge on any atom is 0.311 e. The van der Waals surface area contributed by atoms with Crippen molar-refractivity contribution in [1.29, 1.82) is 0 Å². The quantitative estimate of drug-likeness (QED) is 0.0859. The molecular formula is C40H70N2O13. The number of carbonyl (C=O) groups is 1. The van der Waals surface area contributed by atoms with Gasteiger partial charge in [-0.15, -0.1) is 12.3 Å². The van der Waals surface area contributed by atoms with Gasteiger partial charge in [0.1, 0.15) is 23.9 Å². The minimum Gasteiger partial charge on any atom is -0.459 e. The first-order valence-corrected chi connectivity index (χ1v) is 19.7. The molecule has 0 bridgehead atoms. The number of hydrogen-bond acceptors (Lipinski definition) is 15. The zero-order valence-corrected chi connectivity index (χ0v) is 34.9. The molecule has 3 fully saturated rings. The third-order valence-corrected chi connectivity index (χ3v) is 12.5. The first kappa shape index (κ1) is 47.4. The van der Waals surface area contributed by atoms with Crippen LogP contribution in [0.3, 0.4) is 0 Å². The van der Waals surface area contributed by atoms with Crippen molar-refractivity contribution in [3.63, 3.8) is 0 Å². The number of nitrogens with zero attached hydrogens (tertiary/aromatic N) is 2. The third kappa shape index (κ3) is 10.6. The Bertz CT molecular complexity index is 1320. The molecule has 0 radical (unpaired) electrons. The number of aliphatic hydroxyl groups excluding tert-OH is 3. The molecule has 3 rings (SSSR count). The number of carbonyl (C=O) groups excluding carboxylic acids is 1. The molecule has 6 N–H and O–H groups in total. The molecule has 3 heterocycles. The molecule has 0 aromatic heterocycles. The summed E-state index contributed by atoms with van der Waals surface area (Å²) in [5, 5.41) is 72.3. The number of ether oxygens (including phenoxy) is 6. The van der Waals surface area contributed by atoms with E-state index >= 15 is 0 Å². The lowest BCUT2D eigenvalue weighted by molar-refractivity contribution is -0.318. The van der Waals surface area contributed by atoms with Crippen LogP contribution < -0.4 is 0 Å². The van der Waals surface area contributed by atoms with E-state index in [9.17, 15) is 35.5 Å². The summed E-state index contributed by atoms with van der Waals surface area (Å²) in [6, 6.07) is -0.398. The van der Waals surface area contributed by atoms with Gasteiger partial charge in [0.25, 0.3) is 0 Å². The van der Waals surface area contributed by atoms with E-state index in [0.29, 0.717) is 19.4 Å². The summed E-state index contributed by atoms with van der Waals surface area (Å²) < 4.78 is 37.4. The summed E-state index contributed by atoms with van der Waals surface area (Å²) in [6.07, 6.45) is -3.89. The fourth-order valence-electron chi connectivity index (χ4n) is 8.94. The van der Waals surface area contributed by atoms with Crippen LogP contribution in [0.4, 0.5) is 0 Å². The average molecular weight is 787 g/mol. The molecular weight excluding hydrogens is 716 g/mol. The van der Waals surface area contributed by atoms with Gasteiger partial charge in [-0.05, 0) is 67.9 Å². The predicted molar refractivity (Wildman–Crippen MR) is 203 cm³/mol. The van der Waals surface area contributed by atoms with Crippen molar-refractivity contribution in [2.45, 2.75) is 186 Å². The highest BCUT2D eigenvalue weighted by molar-refractivity contribution is 5.88. The van der Waals surface area contributed by atoms with Crippen molar-refractivity contribution >= 4 is 11.7 Å². The van der Waals surface area contributed by atoms with Crippen molar-refractivity contribution in [2.24, 2.45) is 28.8 Å². The van der Waals surface area contributed by atoms with E-state index in [2.05, 4.69) is 11.1 Å². The van der Waals surface area contributed by atoms with Gasteiger partial charge in [-0.1, -0.05) is 32.9 Å². The Hall–Kier alpha value is -1.94. The standard InChI is InChI=1S/C40H70N2O13/c1-14-16-17-42(12)27-18-22(4)51-37(31(27)43)55-35-24(6)32(54-29-20-39(10,50-13)34(45)26(8)52-29)25(7)36(46)53-28(15-2)40(11,48)33(44)23(5)30(41-49)21(3)19-38(35,9)47/h1,21-29,31-35,37,43-45,47-49H,15-20H2,2-13H3/b41-30+/t21-,22-,23+,24+,25-,26?,27+,28-,29?,31-,32+,33-,34+,35?,37+,38-,39-,40-/m1/s1. The van der Waals surface area contributed by atoms with Crippen LogP contribution in [-0.2, 0) is 33.2 Å². The van der Waals surface area contributed by atoms with E-state index in [0.717, 1.165) is 0 Å². The molecule has 3 unspecified atom stereocenters. The molecule has 18 atom stereocenters. The Kier molecular flexibility index (Phi) is 16.6. The fourth-order valence-corrected chi connectivity index (χ4v) is 8.94. The largest absolute Gasteiger partial charge is 0.459 e. The maximum atomic E-state index is 14.2. The highest BCUT2D eigenvalue weighted by Gasteiger charge is 2.53. The normalized spacial score (nSPS) is 47.5. The van der Waals surface area contributed by atoms with Crippen LogP contribution in [0.25, 0.3) is 0 Å². The van der Waals surface area contributed by atoms with Crippen LogP contribution in [0, 0.1) is 36.0 Å². The van der Waals surface area contributed by atoms with Gasteiger partial charge in [0.2, 0.25) is 0 Å². The Labute approximate surface area is 327 Å². The van der Waals surface area contributed by atoms with Gasteiger partial charge in [0, 0.05) is 50.3 Å². The number of cyclic esters (lactones) is 1. The van der Waals surface area contributed by atoms with Crippen LogP contribution in [-0.4, -0.2) is 152 Å². The van der Waals surface area contributed by atoms with E-state index < -0.39 is 108 Å². The van der Waals surface area contributed by atoms with Crippen molar-refractivity contribution in [3.05, 3.63) is 0 Å². The molecule has 3 aliphatic rings. The fraction of sp³-hybridized carbons (Fsp3) is 0.900. The molecule has 15 heteroatoms. The number of aliphatic hydroxyl groups is 5. The van der Waals surface area contributed by atoms with Crippen molar-refractivity contribution in [3.8, 4) is 12.3 Å². The smallest absolute Gasteiger partial charge is 0.311 e. The van der Waals surface area contributed by atoms with E-state index in [1.54, 1.807) is 55.4 Å². The number of terminal acetylenes is 1. The third-order valence-electron chi connectivity index (χ3n) is 12.5. The molecule has 0 aliphatic carbocycles. The lowest BCUT2D eigenvalue weighted by atomic mass is 9.73. The molecule has 55 heavy (non-hydrogen) atoms. The molecule has 318 valence electrons. The van der Waals surface area contributed by atoms with Crippen LogP contribution in [0.5, 0.6) is 0 Å². The molecule has 0 aromatic carbocycles. The summed E-state index contributed by atoms with van der Waals surface area (Å²) in [5.41, 5.74) is -4.75. The van der Waals surface area contributed by atoms with Crippen molar-refractivity contribution in [2.75, 3.05) is 20.7 Å². The Morgan fingerprint density at radius 2 is 1.62 bits per heavy atom. The van der Waals surface area contributed by atoms with Crippen LogP contribution in [0.15, 0.2) is 5.16 Å². The van der Waals surface area contributed by atoms with Gasteiger partial charge in [-0.3, -0.25) is 9.69 Å². The molecule has 0 saturated carbocycles. The van der Waals surface area contributed by atoms with Gasteiger partial charge >= 0.3 is 5.97 Å². The first-order chi connectivity index (χ1) is 25.5. The van der Waals surface area contributed by atoms with E-state index in [1.807, 2.05) is 18.9 Å². The maximum absolute atomic E-state index is 14.2. The topological polar surface area (TPSA) is 209 Å². The molecule has 0 amide bonds. The van der Waals surface area contributed by atoms with E-state index in [4.69, 9.17) is 34.8 Å². The van der Waals surface area contributed by atoms with E-state index in [1.165, 1.54) is 14.0 Å². The summed E-state index contributed by atoms with van der Waals surface area (Å²) in [5.74, 6) is -1.71. The molecule has 3 saturated heterocycles. The average Bonchev–Trinajstić information content (AvgIpc) is 3.12. The van der Waals surface area contributed by atoms with Crippen molar-refractivity contribution < 1.29 is 64.0 Å². The SMILES string of the molecule is C#CCCN(C)[C@H]1C[C@@H](C)O[C@@H](OC2[C@@H](C)[C@H](OC3C[C@@](C)(OC)[C@@H](O)C(C)O3)[C@@H](C)C(=O)O[C@H](CC)[C@@](C)(O)[C@H](O)[C@@H](C)/C(=N/O)[C@H](C)C[C@@]2(C)O)[C@@H]1O. The highest BCUT2D eigenvalue weighted by atomic mass is 16.7. The lowest BCUT2D eigenvalue weighted by Crippen LogP contribution is -2.61. The number of likely N-dealkylation sites (N-methyl/N-ethyl adjacent to an activating group) is 1. The van der Waals surface area contributed by atoms with Crippen molar-refractivity contribution in [1.82, 2.24) is 4.90 Å². The second-order valence-electron chi connectivity index (χ2n) is 17.1. The number of esters is 1. The minimum absolute atomic E-state index is 0.0826.